The SMILES string of the molecule is CC1CC=CCS1(=O)=O. The van der Waals surface area contributed by atoms with E-state index in [-0.39, 0.29) is 11.0 Å². The average molecular weight is 146 g/mol. The molecule has 3 heteroatoms. The molecule has 1 aliphatic heterocycles. The van der Waals surface area contributed by atoms with Crippen LogP contribution in [0, 0.1) is 0 Å². The normalized spacial score (nSPS) is 32.3. The van der Waals surface area contributed by atoms with E-state index in [1.165, 1.54) is 0 Å². The minimum atomic E-state index is -2.75. The first-order valence-corrected chi connectivity index (χ1v) is 4.71. The van der Waals surface area contributed by atoms with Crippen molar-refractivity contribution < 1.29 is 8.42 Å². The lowest BCUT2D eigenvalue weighted by Gasteiger charge is -2.12. The van der Waals surface area contributed by atoms with Gasteiger partial charge < -0.3 is 0 Å². The zero-order valence-corrected chi connectivity index (χ0v) is 6.19. The van der Waals surface area contributed by atoms with Gasteiger partial charge in [-0.15, -0.1) is 0 Å². The van der Waals surface area contributed by atoms with E-state index >= 15 is 0 Å². The van der Waals surface area contributed by atoms with Crippen LogP contribution in [0.1, 0.15) is 13.3 Å². The van der Waals surface area contributed by atoms with E-state index in [0.717, 1.165) is 0 Å². The van der Waals surface area contributed by atoms with E-state index in [0.29, 0.717) is 6.42 Å². The minimum Gasteiger partial charge on any atom is -0.228 e. The van der Waals surface area contributed by atoms with Crippen LogP contribution in [0.3, 0.4) is 0 Å². The summed E-state index contributed by atoms with van der Waals surface area (Å²) in [5.74, 6) is 0.230. The first-order chi connectivity index (χ1) is 4.13. The first-order valence-electron chi connectivity index (χ1n) is 2.99. The zero-order valence-electron chi connectivity index (χ0n) is 5.37. The maximum absolute atomic E-state index is 10.9. The van der Waals surface area contributed by atoms with Gasteiger partial charge in [0.1, 0.15) is 0 Å². The molecule has 0 fully saturated rings. The molecule has 0 bridgehead atoms. The molecule has 1 aliphatic rings. The fourth-order valence-corrected chi connectivity index (χ4v) is 1.94. The Bertz CT molecular complexity index is 213. The molecule has 0 aliphatic carbocycles. The maximum atomic E-state index is 10.9. The third-order valence-electron chi connectivity index (χ3n) is 1.58. The highest BCUT2D eigenvalue weighted by molar-refractivity contribution is 7.92. The van der Waals surface area contributed by atoms with Gasteiger partial charge in [-0.2, -0.15) is 0 Å². The van der Waals surface area contributed by atoms with E-state index < -0.39 is 9.84 Å². The van der Waals surface area contributed by atoms with Gasteiger partial charge in [0.25, 0.3) is 0 Å². The molecule has 0 amide bonds. The van der Waals surface area contributed by atoms with Crippen molar-refractivity contribution in [3.63, 3.8) is 0 Å². The molecule has 0 aromatic carbocycles. The standard InChI is InChI=1S/C6H10O2S/c1-6-4-2-3-5-9(6,7)8/h2-3,6H,4-5H2,1H3. The van der Waals surface area contributed by atoms with E-state index in [1.807, 2.05) is 6.08 Å². The van der Waals surface area contributed by atoms with Gasteiger partial charge in [0.05, 0.1) is 11.0 Å². The van der Waals surface area contributed by atoms with Crippen molar-refractivity contribution >= 4 is 9.84 Å². The lowest BCUT2D eigenvalue weighted by Crippen LogP contribution is -2.22. The van der Waals surface area contributed by atoms with Crippen LogP contribution in [0.4, 0.5) is 0 Å². The molecule has 2 nitrogen and oxygen atoms in total. The minimum absolute atomic E-state index is 0.164. The summed E-state index contributed by atoms with van der Waals surface area (Å²) in [6.07, 6.45) is 4.32. The largest absolute Gasteiger partial charge is 0.228 e. The van der Waals surface area contributed by atoms with Crippen molar-refractivity contribution in [2.75, 3.05) is 5.75 Å². The lowest BCUT2D eigenvalue weighted by molar-refractivity contribution is 0.584. The van der Waals surface area contributed by atoms with Crippen LogP contribution in [-0.4, -0.2) is 19.4 Å². The fraction of sp³-hybridized carbons (Fsp3) is 0.667. The molecular formula is C6H10O2S. The van der Waals surface area contributed by atoms with Gasteiger partial charge in [-0.05, 0) is 13.3 Å². The summed E-state index contributed by atoms with van der Waals surface area (Å²) in [5.41, 5.74) is 0. The second-order valence-electron chi connectivity index (χ2n) is 2.35. The molecule has 0 radical (unpaired) electrons. The van der Waals surface area contributed by atoms with Gasteiger partial charge in [0.2, 0.25) is 0 Å². The van der Waals surface area contributed by atoms with E-state index in [4.69, 9.17) is 0 Å². The number of hydrogen-bond acceptors (Lipinski definition) is 2. The zero-order chi connectivity index (χ0) is 6.91. The quantitative estimate of drug-likeness (QED) is 0.472. The van der Waals surface area contributed by atoms with Crippen molar-refractivity contribution in [3.8, 4) is 0 Å². The molecule has 1 rings (SSSR count). The number of allylic oxidation sites excluding steroid dienone is 1. The van der Waals surface area contributed by atoms with Crippen molar-refractivity contribution in [2.24, 2.45) is 0 Å². The monoisotopic (exact) mass is 146 g/mol. The Hall–Kier alpha value is -0.310. The van der Waals surface area contributed by atoms with Crippen molar-refractivity contribution in [2.45, 2.75) is 18.6 Å². The van der Waals surface area contributed by atoms with Crippen LogP contribution in [0.2, 0.25) is 0 Å². The Labute approximate surface area is 55.5 Å². The topological polar surface area (TPSA) is 34.1 Å². The highest BCUT2D eigenvalue weighted by Crippen LogP contribution is 2.12. The Morgan fingerprint density at radius 3 is 2.44 bits per heavy atom. The van der Waals surface area contributed by atoms with Gasteiger partial charge in [-0.3, -0.25) is 0 Å². The molecule has 0 saturated carbocycles. The van der Waals surface area contributed by atoms with Gasteiger partial charge >= 0.3 is 0 Å². The summed E-state index contributed by atoms with van der Waals surface area (Å²) in [6, 6.07) is 0. The van der Waals surface area contributed by atoms with Crippen molar-refractivity contribution in [1.29, 1.82) is 0 Å². The molecule has 52 valence electrons. The molecule has 0 N–H and O–H groups in total. The summed E-state index contributed by atoms with van der Waals surface area (Å²) in [4.78, 5) is 0. The van der Waals surface area contributed by atoms with Crippen LogP contribution < -0.4 is 0 Å². The summed E-state index contributed by atoms with van der Waals surface area (Å²) in [6.45, 7) is 1.75. The van der Waals surface area contributed by atoms with E-state index in [1.54, 1.807) is 13.0 Å². The predicted molar refractivity (Wildman–Crippen MR) is 37.0 cm³/mol. The smallest absolute Gasteiger partial charge is 0.156 e. The fourth-order valence-electron chi connectivity index (χ4n) is 0.801. The molecular weight excluding hydrogens is 136 g/mol. The molecule has 1 heterocycles. The Balaban J connectivity index is 2.90. The molecule has 0 saturated heterocycles. The molecule has 1 unspecified atom stereocenters. The summed E-state index contributed by atoms with van der Waals surface area (Å²) in [5, 5.41) is -0.164. The molecule has 9 heavy (non-hydrogen) atoms. The van der Waals surface area contributed by atoms with Gasteiger partial charge in [-0.1, -0.05) is 12.2 Å². The molecule has 1 atom stereocenters. The van der Waals surface area contributed by atoms with Crippen molar-refractivity contribution in [1.82, 2.24) is 0 Å². The van der Waals surface area contributed by atoms with Gasteiger partial charge in [-0.25, -0.2) is 8.42 Å². The maximum Gasteiger partial charge on any atom is 0.156 e. The second-order valence-corrected chi connectivity index (χ2v) is 4.81. The van der Waals surface area contributed by atoms with E-state index in [2.05, 4.69) is 0 Å². The predicted octanol–water partition coefficient (Wildman–Crippen LogP) is 0.750. The lowest BCUT2D eigenvalue weighted by atomic mass is 10.3. The van der Waals surface area contributed by atoms with Crippen LogP contribution in [0.15, 0.2) is 12.2 Å². The highest BCUT2D eigenvalue weighted by Gasteiger charge is 2.20. The van der Waals surface area contributed by atoms with Gasteiger partial charge in [0.15, 0.2) is 9.84 Å². The summed E-state index contributed by atoms with van der Waals surface area (Å²) >= 11 is 0. The molecule has 0 spiro atoms. The Morgan fingerprint density at radius 2 is 2.11 bits per heavy atom. The van der Waals surface area contributed by atoms with Crippen LogP contribution in [0.5, 0.6) is 0 Å². The molecule has 0 aromatic heterocycles. The summed E-state index contributed by atoms with van der Waals surface area (Å²) < 4.78 is 21.9. The number of rotatable bonds is 0. The Morgan fingerprint density at radius 1 is 1.44 bits per heavy atom. The highest BCUT2D eigenvalue weighted by atomic mass is 32.2. The number of sulfone groups is 1. The molecule has 0 aromatic rings. The van der Waals surface area contributed by atoms with Crippen LogP contribution in [0.25, 0.3) is 0 Å². The summed E-state index contributed by atoms with van der Waals surface area (Å²) in [7, 11) is -2.75. The van der Waals surface area contributed by atoms with Crippen molar-refractivity contribution in [3.05, 3.63) is 12.2 Å². The third kappa shape index (κ3) is 1.33. The van der Waals surface area contributed by atoms with Crippen LogP contribution >= 0.6 is 0 Å². The van der Waals surface area contributed by atoms with Gasteiger partial charge in [0, 0.05) is 0 Å². The average Bonchev–Trinajstić information content (AvgIpc) is 1.77. The van der Waals surface area contributed by atoms with E-state index in [9.17, 15) is 8.42 Å². The second kappa shape index (κ2) is 2.14. The van der Waals surface area contributed by atoms with Crippen LogP contribution in [-0.2, 0) is 9.84 Å². The third-order valence-corrected chi connectivity index (χ3v) is 3.65. The first kappa shape index (κ1) is 6.81. The number of hydrogen-bond donors (Lipinski definition) is 0. The Kier molecular flexibility index (Phi) is 1.62.